The van der Waals surface area contributed by atoms with Crippen LogP contribution in [0.1, 0.15) is 0 Å². The monoisotopic (exact) mass is 225 g/mol. The van der Waals surface area contributed by atoms with Crippen LogP contribution in [0.4, 0.5) is 17.1 Å². The van der Waals surface area contributed by atoms with Gasteiger partial charge < -0.3 is 15.4 Å². The van der Waals surface area contributed by atoms with E-state index >= 15 is 0 Å². The van der Waals surface area contributed by atoms with Crippen LogP contribution in [0.3, 0.4) is 0 Å². The van der Waals surface area contributed by atoms with Crippen molar-refractivity contribution in [1.82, 2.24) is 0 Å². The third-order valence-corrected chi connectivity index (χ3v) is 2.26. The van der Waals surface area contributed by atoms with E-state index in [4.69, 9.17) is 10.5 Å². The van der Waals surface area contributed by atoms with E-state index in [1.807, 2.05) is 11.9 Å². The van der Waals surface area contributed by atoms with Crippen LogP contribution in [0.25, 0.3) is 0 Å². The number of hydrogen-bond donors (Lipinski definition) is 1. The number of methoxy groups -OCH3 is 1. The van der Waals surface area contributed by atoms with Crippen molar-refractivity contribution >= 4 is 17.1 Å². The molecule has 0 spiro atoms. The van der Waals surface area contributed by atoms with Crippen molar-refractivity contribution in [3.05, 3.63) is 28.3 Å². The summed E-state index contributed by atoms with van der Waals surface area (Å²) in [5.74, 6) is 0. The maximum atomic E-state index is 10.5. The number of nitrogens with two attached hydrogens (primary N) is 1. The van der Waals surface area contributed by atoms with Crippen molar-refractivity contribution < 1.29 is 9.66 Å². The van der Waals surface area contributed by atoms with E-state index in [0.717, 1.165) is 5.69 Å². The molecule has 0 unspecified atom stereocenters. The van der Waals surface area contributed by atoms with Gasteiger partial charge in [-0.25, -0.2) is 0 Å². The van der Waals surface area contributed by atoms with Crippen LogP contribution in [0.2, 0.25) is 0 Å². The van der Waals surface area contributed by atoms with Crippen LogP contribution in [0.15, 0.2) is 18.2 Å². The molecule has 0 bridgehead atoms. The molecule has 0 saturated carbocycles. The molecule has 6 heteroatoms. The first-order chi connectivity index (χ1) is 7.56. The summed E-state index contributed by atoms with van der Waals surface area (Å²) in [4.78, 5) is 12.0. The summed E-state index contributed by atoms with van der Waals surface area (Å²) >= 11 is 0. The lowest BCUT2D eigenvalue weighted by Crippen LogP contribution is -2.22. The number of nitrogen functional groups attached to an aromatic ring is 1. The van der Waals surface area contributed by atoms with E-state index in [9.17, 15) is 10.1 Å². The molecular weight excluding hydrogens is 210 g/mol. The summed E-state index contributed by atoms with van der Waals surface area (Å²) in [5, 5.41) is 10.5. The van der Waals surface area contributed by atoms with Crippen LogP contribution >= 0.6 is 0 Å². The van der Waals surface area contributed by atoms with Gasteiger partial charge in [0.25, 0.3) is 5.69 Å². The predicted molar refractivity (Wildman–Crippen MR) is 62.7 cm³/mol. The number of likely N-dealkylation sites (N-methyl/N-ethyl adjacent to an activating group) is 1. The third kappa shape index (κ3) is 2.83. The minimum Gasteiger partial charge on any atom is -0.397 e. The highest BCUT2D eigenvalue weighted by Crippen LogP contribution is 2.26. The number of nitrogens with zero attached hydrogens (tertiary/aromatic N) is 2. The standard InChI is InChI=1S/C10H15N3O3/c1-12(5-6-16-2)10-4-3-8(13(14)15)7-9(10)11/h3-4,7H,5-6,11H2,1-2H3. The largest absolute Gasteiger partial charge is 0.397 e. The van der Waals surface area contributed by atoms with Crippen molar-refractivity contribution in [3.63, 3.8) is 0 Å². The van der Waals surface area contributed by atoms with Gasteiger partial charge >= 0.3 is 0 Å². The van der Waals surface area contributed by atoms with Gasteiger partial charge in [-0.1, -0.05) is 0 Å². The fourth-order valence-electron chi connectivity index (χ4n) is 1.35. The van der Waals surface area contributed by atoms with Crippen molar-refractivity contribution in [2.45, 2.75) is 0 Å². The Balaban J connectivity index is 2.85. The van der Waals surface area contributed by atoms with Crippen molar-refractivity contribution in [1.29, 1.82) is 0 Å². The second kappa shape index (κ2) is 5.32. The number of rotatable bonds is 5. The Labute approximate surface area is 93.8 Å². The van der Waals surface area contributed by atoms with E-state index in [-0.39, 0.29) is 5.69 Å². The molecule has 2 N–H and O–H groups in total. The molecule has 0 aliphatic heterocycles. The van der Waals surface area contributed by atoms with Crippen LogP contribution in [-0.4, -0.2) is 32.2 Å². The lowest BCUT2D eigenvalue weighted by molar-refractivity contribution is -0.384. The first-order valence-electron chi connectivity index (χ1n) is 4.80. The predicted octanol–water partition coefficient (Wildman–Crippen LogP) is 1.26. The summed E-state index contributed by atoms with van der Waals surface area (Å²) in [5.41, 5.74) is 6.91. The number of nitro benzene ring substituents is 1. The molecule has 0 aromatic heterocycles. The highest BCUT2D eigenvalue weighted by atomic mass is 16.6. The summed E-state index contributed by atoms with van der Waals surface area (Å²) in [6.45, 7) is 1.26. The van der Waals surface area contributed by atoms with Gasteiger partial charge in [-0.15, -0.1) is 0 Å². The van der Waals surface area contributed by atoms with E-state index in [2.05, 4.69) is 0 Å². The fraction of sp³-hybridized carbons (Fsp3) is 0.400. The summed E-state index contributed by atoms with van der Waals surface area (Å²) in [6, 6.07) is 4.44. The molecule has 1 aromatic carbocycles. The Bertz CT molecular complexity index is 382. The summed E-state index contributed by atoms with van der Waals surface area (Å²) < 4.78 is 4.95. The Kier molecular flexibility index (Phi) is 4.07. The van der Waals surface area contributed by atoms with Gasteiger partial charge in [-0.2, -0.15) is 0 Å². The first kappa shape index (κ1) is 12.3. The highest BCUT2D eigenvalue weighted by Gasteiger charge is 2.11. The number of nitro groups is 1. The van der Waals surface area contributed by atoms with Crippen LogP contribution in [0.5, 0.6) is 0 Å². The topological polar surface area (TPSA) is 81.6 Å². The minimum absolute atomic E-state index is 0.00129. The molecule has 6 nitrogen and oxygen atoms in total. The molecule has 1 rings (SSSR count). The average molecular weight is 225 g/mol. The molecule has 88 valence electrons. The van der Waals surface area contributed by atoms with Crippen LogP contribution < -0.4 is 10.6 Å². The number of benzene rings is 1. The number of non-ortho nitro benzene ring substituents is 1. The van der Waals surface area contributed by atoms with Gasteiger partial charge in [0.15, 0.2) is 0 Å². The van der Waals surface area contributed by atoms with Crippen LogP contribution in [0, 0.1) is 10.1 Å². The van der Waals surface area contributed by atoms with Crippen molar-refractivity contribution in [2.75, 3.05) is 37.9 Å². The second-order valence-corrected chi connectivity index (χ2v) is 3.41. The number of hydrogen-bond acceptors (Lipinski definition) is 5. The van der Waals surface area contributed by atoms with E-state index in [0.29, 0.717) is 18.8 Å². The van der Waals surface area contributed by atoms with Gasteiger partial charge in [-0.3, -0.25) is 10.1 Å². The van der Waals surface area contributed by atoms with Gasteiger partial charge in [0.1, 0.15) is 0 Å². The zero-order valence-electron chi connectivity index (χ0n) is 9.34. The third-order valence-electron chi connectivity index (χ3n) is 2.26. The van der Waals surface area contributed by atoms with Crippen molar-refractivity contribution in [3.8, 4) is 0 Å². The fourth-order valence-corrected chi connectivity index (χ4v) is 1.35. The molecular formula is C10H15N3O3. The molecule has 0 atom stereocenters. The molecule has 1 aromatic rings. The molecule has 0 aliphatic carbocycles. The van der Waals surface area contributed by atoms with Gasteiger partial charge in [0, 0.05) is 32.8 Å². The van der Waals surface area contributed by atoms with E-state index in [1.165, 1.54) is 12.1 Å². The Morgan fingerprint density at radius 3 is 2.75 bits per heavy atom. The van der Waals surface area contributed by atoms with E-state index < -0.39 is 4.92 Å². The summed E-state index contributed by atoms with van der Waals surface area (Å²) in [6.07, 6.45) is 0. The van der Waals surface area contributed by atoms with Gasteiger partial charge in [0.2, 0.25) is 0 Å². The normalized spacial score (nSPS) is 10.1. The highest BCUT2D eigenvalue weighted by molar-refractivity contribution is 5.70. The zero-order valence-corrected chi connectivity index (χ0v) is 9.34. The molecule has 0 aliphatic rings. The lowest BCUT2D eigenvalue weighted by atomic mass is 10.2. The Morgan fingerprint density at radius 1 is 1.56 bits per heavy atom. The van der Waals surface area contributed by atoms with Gasteiger partial charge in [-0.05, 0) is 6.07 Å². The zero-order chi connectivity index (χ0) is 12.1. The van der Waals surface area contributed by atoms with Crippen molar-refractivity contribution in [2.24, 2.45) is 0 Å². The SMILES string of the molecule is COCCN(C)c1ccc([N+](=O)[O-])cc1N. The Morgan fingerprint density at radius 2 is 2.25 bits per heavy atom. The minimum atomic E-state index is -0.463. The maximum absolute atomic E-state index is 10.5. The maximum Gasteiger partial charge on any atom is 0.271 e. The average Bonchev–Trinajstić information content (AvgIpc) is 2.25. The lowest BCUT2D eigenvalue weighted by Gasteiger charge is -2.20. The number of ether oxygens (including phenoxy) is 1. The Hall–Kier alpha value is -1.82. The quantitative estimate of drug-likeness (QED) is 0.463. The molecule has 0 fully saturated rings. The summed E-state index contributed by atoms with van der Waals surface area (Å²) in [7, 11) is 3.48. The number of anilines is 2. The molecule has 0 radical (unpaired) electrons. The second-order valence-electron chi connectivity index (χ2n) is 3.41. The first-order valence-corrected chi connectivity index (χ1v) is 4.80. The molecule has 0 heterocycles. The van der Waals surface area contributed by atoms with Gasteiger partial charge in [0.05, 0.1) is 22.9 Å². The smallest absolute Gasteiger partial charge is 0.271 e. The van der Waals surface area contributed by atoms with E-state index in [1.54, 1.807) is 13.2 Å². The molecule has 0 saturated heterocycles. The molecule has 16 heavy (non-hydrogen) atoms. The molecule has 0 amide bonds. The van der Waals surface area contributed by atoms with Crippen LogP contribution in [-0.2, 0) is 4.74 Å².